The number of hydrogen-bond acceptors (Lipinski definition) is 5. The van der Waals surface area contributed by atoms with Crippen LogP contribution < -0.4 is 15.2 Å². The summed E-state index contributed by atoms with van der Waals surface area (Å²) in [4.78, 5) is 0. The Morgan fingerprint density at radius 1 is 1.12 bits per heavy atom. The highest BCUT2D eigenvalue weighted by Crippen LogP contribution is 2.46. The van der Waals surface area contributed by atoms with Crippen molar-refractivity contribution in [3.63, 3.8) is 0 Å². The summed E-state index contributed by atoms with van der Waals surface area (Å²) in [5.41, 5.74) is 11.9. The maximum absolute atomic E-state index is 9.96. The number of aromatic nitrogens is 2. The topological polar surface area (TPSA) is 96.9 Å². The maximum Gasteiger partial charge on any atom is 0.244 e. The summed E-state index contributed by atoms with van der Waals surface area (Å²) in [7, 11) is 0. The number of aryl methyl sites for hydroxylation is 1. The minimum Gasteiger partial charge on any atom is -0.489 e. The van der Waals surface area contributed by atoms with Crippen molar-refractivity contribution < 1.29 is 9.47 Å². The predicted molar refractivity (Wildman–Crippen MR) is 130 cm³/mol. The lowest BCUT2D eigenvalue weighted by molar-refractivity contribution is 0.305. The zero-order valence-electron chi connectivity index (χ0n) is 18.4. The SMILES string of the molecule is Cc1ccccc1COc1cccc([C@@H]2C(C#N)=C(N)Oc3n[nH]c(-c4ccc(Cl)cc4)c32)c1. The summed E-state index contributed by atoms with van der Waals surface area (Å²) in [5.74, 6) is 0.611. The van der Waals surface area contributed by atoms with Gasteiger partial charge in [0.1, 0.15) is 24.0 Å². The van der Waals surface area contributed by atoms with Gasteiger partial charge in [0.2, 0.25) is 11.8 Å². The number of fused-ring (bicyclic) bond motifs is 1. The molecule has 5 rings (SSSR count). The van der Waals surface area contributed by atoms with Gasteiger partial charge in [0.15, 0.2) is 0 Å². The van der Waals surface area contributed by atoms with Crippen LogP contribution in [-0.4, -0.2) is 10.2 Å². The number of H-pyrrole nitrogens is 1. The molecule has 1 aliphatic heterocycles. The van der Waals surface area contributed by atoms with Crippen molar-refractivity contribution in [1.82, 2.24) is 10.2 Å². The Morgan fingerprint density at radius 3 is 2.68 bits per heavy atom. The third-order valence-electron chi connectivity index (χ3n) is 5.92. The zero-order valence-corrected chi connectivity index (χ0v) is 19.1. The van der Waals surface area contributed by atoms with Crippen molar-refractivity contribution in [2.75, 3.05) is 0 Å². The molecule has 1 aliphatic rings. The van der Waals surface area contributed by atoms with Crippen molar-refractivity contribution in [3.05, 3.63) is 112 Å². The molecule has 3 N–H and O–H groups in total. The summed E-state index contributed by atoms with van der Waals surface area (Å²) < 4.78 is 11.8. The Balaban J connectivity index is 1.55. The number of nitrogens with two attached hydrogens (primary N) is 1. The molecule has 0 aliphatic carbocycles. The van der Waals surface area contributed by atoms with Crippen LogP contribution in [0, 0.1) is 18.3 Å². The van der Waals surface area contributed by atoms with E-state index >= 15 is 0 Å². The summed E-state index contributed by atoms with van der Waals surface area (Å²) in [6, 6.07) is 25.4. The Labute approximate surface area is 202 Å². The van der Waals surface area contributed by atoms with Crippen LogP contribution >= 0.6 is 11.6 Å². The van der Waals surface area contributed by atoms with Gasteiger partial charge in [-0.1, -0.05) is 60.1 Å². The molecule has 34 heavy (non-hydrogen) atoms. The molecule has 6 nitrogen and oxygen atoms in total. The number of ether oxygens (including phenoxy) is 2. The molecule has 0 radical (unpaired) electrons. The van der Waals surface area contributed by atoms with E-state index in [2.05, 4.69) is 29.3 Å². The predicted octanol–water partition coefficient (Wildman–Crippen LogP) is 5.84. The Kier molecular flexibility index (Phi) is 5.70. The van der Waals surface area contributed by atoms with Crippen molar-refractivity contribution in [3.8, 4) is 29.0 Å². The molecular formula is C27H21ClN4O2. The number of nitriles is 1. The lowest BCUT2D eigenvalue weighted by atomic mass is 9.83. The molecule has 0 fully saturated rings. The molecule has 0 amide bonds. The lowest BCUT2D eigenvalue weighted by Crippen LogP contribution is -2.21. The summed E-state index contributed by atoms with van der Waals surface area (Å²) in [6.07, 6.45) is 0. The average Bonchev–Trinajstić information content (AvgIpc) is 3.26. The van der Waals surface area contributed by atoms with Gasteiger partial charge < -0.3 is 15.2 Å². The summed E-state index contributed by atoms with van der Waals surface area (Å²) >= 11 is 6.08. The van der Waals surface area contributed by atoms with Gasteiger partial charge >= 0.3 is 0 Å². The molecule has 0 bridgehead atoms. The van der Waals surface area contributed by atoms with E-state index in [1.165, 1.54) is 5.56 Å². The van der Waals surface area contributed by atoms with E-state index in [-0.39, 0.29) is 5.88 Å². The molecule has 168 valence electrons. The van der Waals surface area contributed by atoms with E-state index < -0.39 is 5.92 Å². The molecule has 0 saturated carbocycles. The number of benzene rings is 3. The molecule has 0 spiro atoms. The first-order chi connectivity index (χ1) is 16.5. The van der Waals surface area contributed by atoms with Crippen LogP contribution in [0.4, 0.5) is 0 Å². The molecule has 1 aromatic heterocycles. The highest BCUT2D eigenvalue weighted by molar-refractivity contribution is 6.30. The fourth-order valence-electron chi connectivity index (χ4n) is 4.13. The van der Waals surface area contributed by atoms with E-state index in [0.29, 0.717) is 28.8 Å². The first kappa shape index (κ1) is 21.6. The van der Waals surface area contributed by atoms with Crippen LogP contribution in [0.1, 0.15) is 28.2 Å². The highest BCUT2D eigenvalue weighted by Gasteiger charge is 2.35. The molecule has 1 atom stereocenters. The van der Waals surface area contributed by atoms with E-state index in [1.807, 2.05) is 54.6 Å². The monoisotopic (exact) mass is 468 g/mol. The number of nitrogens with zero attached hydrogens (tertiary/aromatic N) is 2. The summed E-state index contributed by atoms with van der Waals surface area (Å²) in [6.45, 7) is 2.50. The molecule has 4 aromatic rings. The van der Waals surface area contributed by atoms with Crippen molar-refractivity contribution in [2.45, 2.75) is 19.4 Å². The van der Waals surface area contributed by atoms with E-state index in [4.69, 9.17) is 26.8 Å². The highest BCUT2D eigenvalue weighted by atomic mass is 35.5. The minimum absolute atomic E-state index is 0.0420. The van der Waals surface area contributed by atoms with Crippen LogP contribution in [0.2, 0.25) is 5.02 Å². The van der Waals surface area contributed by atoms with Gasteiger partial charge in [-0.2, -0.15) is 5.26 Å². The fourth-order valence-corrected chi connectivity index (χ4v) is 4.26. The number of hydrogen-bond donors (Lipinski definition) is 2. The van der Waals surface area contributed by atoms with Gasteiger partial charge in [-0.25, -0.2) is 0 Å². The van der Waals surface area contributed by atoms with Crippen molar-refractivity contribution in [2.24, 2.45) is 5.73 Å². The lowest BCUT2D eigenvalue weighted by Gasteiger charge is -2.24. The number of nitrogens with one attached hydrogen (secondary N) is 1. The van der Waals surface area contributed by atoms with Crippen molar-refractivity contribution >= 4 is 11.6 Å². The summed E-state index contributed by atoms with van der Waals surface area (Å²) in [5, 5.41) is 18.0. The molecule has 2 heterocycles. The van der Waals surface area contributed by atoms with Gasteiger partial charge in [-0.15, -0.1) is 5.10 Å². The second-order valence-electron chi connectivity index (χ2n) is 8.04. The van der Waals surface area contributed by atoms with Gasteiger partial charge in [0.05, 0.1) is 17.2 Å². The van der Waals surface area contributed by atoms with Crippen molar-refractivity contribution in [1.29, 1.82) is 5.26 Å². The molecule has 7 heteroatoms. The Hall–Kier alpha value is -4.21. The molecule has 3 aromatic carbocycles. The van der Waals surface area contributed by atoms with Crippen LogP contribution in [0.15, 0.2) is 84.3 Å². The van der Waals surface area contributed by atoms with Crippen LogP contribution in [-0.2, 0) is 6.61 Å². The third-order valence-corrected chi connectivity index (χ3v) is 6.17. The third kappa shape index (κ3) is 3.98. The van der Waals surface area contributed by atoms with E-state index in [9.17, 15) is 5.26 Å². The van der Waals surface area contributed by atoms with Gasteiger partial charge in [-0.3, -0.25) is 5.10 Å². The quantitative estimate of drug-likeness (QED) is 0.383. The normalized spacial score (nSPS) is 14.8. The minimum atomic E-state index is -0.472. The average molecular weight is 469 g/mol. The maximum atomic E-state index is 9.96. The van der Waals surface area contributed by atoms with Crippen LogP contribution in [0.3, 0.4) is 0 Å². The largest absolute Gasteiger partial charge is 0.489 e. The molecular weight excluding hydrogens is 448 g/mol. The van der Waals surface area contributed by atoms with E-state index in [0.717, 1.165) is 27.9 Å². The second-order valence-corrected chi connectivity index (χ2v) is 8.47. The van der Waals surface area contributed by atoms with E-state index in [1.54, 1.807) is 12.1 Å². The first-order valence-electron chi connectivity index (χ1n) is 10.7. The van der Waals surface area contributed by atoms with Crippen LogP contribution in [0.5, 0.6) is 11.6 Å². The molecule has 0 unspecified atom stereocenters. The van der Waals surface area contributed by atoms with Gasteiger partial charge in [0.25, 0.3) is 0 Å². The first-order valence-corrected chi connectivity index (χ1v) is 11.1. The van der Waals surface area contributed by atoms with Gasteiger partial charge in [-0.05, 0) is 47.9 Å². The standard InChI is InChI=1S/C27H21ClN4O2/c1-16-5-2-3-6-19(16)15-33-21-8-4-7-18(13-21)23-22(14-29)26(30)34-27-24(23)25(31-32-27)17-9-11-20(28)12-10-17/h2-13,23H,15,30H2,1H3,(H,31,32)/t23-/m1/s1. The zero-order chi connectivity index (χ0) is 23.7. The number of rotatable bonds is 5. The number of allylic oxidation sites excluding steroid dienone is 1. The number of aromatic amines is 1. The second kappa shape index (κ2) is 8.97. The number of halogens is 1. The van der Waals surface area contributed by atoms with Gasteiger partial charge in [0, 0.05) is 10.6 Å². The Morgan fingerprint density at radius 2 is 1.91 bits per heavy atom. The Bertz CT molecular complexity index is 1430. The van der Waals surface area contributed by atoms with Crippen LogP contribution in [0.25, 0.3) is 11.3 Å². The molecule has 0 saturated heterocycles. The fraction of sp³-hybridized carbons (Fsp3) is 0.111. The smallest absolute Gasteiger partial charge is 0.244 e.